The van der Waals surface area contributed by atoms with Gasteiger partial charge in [0.05, 0.1) is 0 Å². The molecule has 0 aliphatic heterocycles. The van der Waals surface area contributed by atoms with Gasteiger partial charge in [-0.1, -0.05) is 39.3 Å². The molecule has 0 spiro atoms. The van der Waals surface area contributed by atoms with Crippen molar-refractivity contribution in [2.45, 2.75) is 51.4 Å². The molecule has 0 radical (unpaired) electrons. The molecular formula is C20H22ClFO. The highest BCUT2D eigenvalue weighted by Gasteiger charge is 2.38. The van der Waals surface area contributed by atoms with Crippen LogP contribution in [0.15, 0.2) is 30.3 Å². The molecule has 2 aromatic carbocycles. The number of benzene rings is 2. The second-order valence-electron chi connectivity index (χ2n) is 7.81. The SMILES string of the molecule is CC1(C)CCC(C)(C)c2cc(-c3ccc(Cl)cc3O)c(F)cc21. The van der Waals surface area contributed by atoms with Crippen molar-refractivity contribution in [3.8, 4) is 16.9 Å². The number of rotatable bonds is 1. The number of fused-ring (bicyclic) bond motifs is 1. The second-order valence-corrected chi connectivity index (χ2v) is 8.24. The molecule has 0 heterocycles. The molecule has 1 aliphatic carbocycles. The number of halogens is 2. The van der Waals surface area contributed by atoms with Gasteiger partial charge in [-0.05, 0) is 65.1 Å². The van der Waals surface area contributed by atoms with E-state index in [4.69, 9.17) is 11.6 Å². The molecule has 0 aromatic heterocycles. The van der Waals surface area contributed by atoms with E-state index in [1.807, 2.05) is 6.07 Å². The van der Waals surface area contributed by atoms with Gasteiger partial charge in [-0.15, -0.1) is 0 Å². The standard InChI is InChI=1S/C20H22ClFO/c1-19(2)7-8-20(3,4)16-11-17(22)14(10-15(16)19)13-6-5-12(21)9-18(13)23/h5-6,9-11,23H,7-8H2,1-4H3. The maximum Gasteiger partial charge on any atom is 0.131 e. The van der Waals surface area contributed by atoms with Crippen LogP contribution >= 0.6 is 11.6 Å². The molecule has 3 heteroatoms. The molecule has 3 rings (SSSR count). The summed E-state index contributed by atoms with van der Waals surface area (Å²) in [5.41, 5.74) is 3.11. The molecule has 0 unspecified atom stereocenters. The van der Waals surface area contributed by atoms with Crippen molar-refractivity contribution in [3.05, 3.63) is 52.3 Å². The summed E-state index contributed by atoms with van der Waals surface area (Å²) in [5.74, 6) is -0.295. The first kappa shape index (κ1) is 16.3. The third-order valence-corrected chi connectivity index (χ3v) is 5.43. The van der Waals surface area contributed by atoms with Gasteiger partial charge in [0.25, 0.3) is 0 Å². The summed E-state index contributed by atoms with van der Waals surface area (Å²) in [6.07, 6.45) is 2.10. The molecule has 122 valence electrons. The lowest BCUT2D eigenvalue weighted by Crippen LogP contribution is -2.34. The third-order valence-electron chi connectivity index (χ3n) is 5.19. The minimum atomic E-state index is -0.299. The predicted molar refractivity (Wildman–Crippen MR) is 93.8 cm³/mol. The summed E-state index contributed by atoms with van der Waals surface area (Å²) in [6, 6.07) is 8.35. The third kappa shape index (κ3) is 2.74. The highest BCUT2D eigenvalue weighted by molar-refractivity contribution is 6.30. The van der Waals surface area contributed by atoms with E-state index in [1.54, 1.807) is 18.2 Å². The van der Waals surface area contributed by atoms with Crippen molar-refractivity contribution >= 4 is 11.6 Å². The molecule has 0 fully saturated rings. The maximum absolute atomic E-state index is 14.8. The number of hydrogen-bond acceptors (Lipinski definition) is 1. The fourth-order valence-electron chi connectivity index (χ4n) is 3.53. The average Bonchev–Trinajstić information content (AvgIpc) is 2.44. The lowest BCUT2D eigenvalue weighted by atomic mass is 9.63. The molecule has 1 N–H and O–H groups in total. The van der Waals surface area contributed by atoms with Crippen molar-refractivity contribution in [2.75, 3.05) is 0 Å². The molecule has 1 nitrogen and oxygen atoms in total. The van der Waals surface area contributed by atoms with Crippen LogP contribution in [0.3, 0.4) is 0 Å². The van der Waals surface area contributed by atoms with Crippen LogP contribution in [0.2, 0.25) is 5.02 Å². The summed E-state index contributed by atoms with van der Waals surface area (Å²) in [5, 5.41) is 10.6. The average molecular weight is 333 g/mol. The van der Waals surface area contributed by atoms with E-state index in [0.29, 0.717) is 16.1 Å². The van der Waals surface area contributed by atoms with Crippen LogP contribution in [-0.2, 0) is 10.8 Å². The Kier molecular flexibility index (Phi) is 3.72. The van der Waals surface area contributed by atoms with Gasteiger partial charge in [0.2, 0.25) is 0 Å². The summed E-state index contributed by atoms with van der Waals surface area (Å²) < 4.78 is 14.8. The Morgan fingerprint density at radius 1 is 0.913 bits per heavy atom. The van der Waals surface area contributed by atoms with Gasteiger partial charge in [0.15, 0.2) is 0 Å². The first-order valence-electron chi connectivity index (χ1n) is 7.95. The molecule has 0 saturated heterocycles. The lowest BCUT2D eigenvalue weighted by molar-refractivity contribution is 0.330. The predicted octanol–water partition coefficient (Wildman–Crippen LogP) is 6.20. The monoisotopic (exact) mass is 332 g/mol. The zero-order valence-corrected chi connectivity index (χ0v) is 14.8. The van der Waals surface area contributed by atoms with Gasteiger partial charge >= 0.3 is 0 Å². The fraction of sp³-hybridized carbons (Fsp3) is 0.400. The molecule has 0 atom stereocenters. The normalized spacial score (nSPS) is 18.5. The Labute approximate surface area is 142 Å². The number of aromatic hydroxyl groups is 1. The van der Waals surface area contributed by atoms with Crippen LogP contribution in [0.1, 0.15) is 51.7 Å². The summed E-state index contributed by atoms with van der Waals surface area (Å²) in [6.45, 7) is 8.73. The van der Waals surface area contributed by atoms with E-state index >= 15 is 0 Å². The largest absolute Gasteiger partial charge is 0.507 e. The first-order valence-corrected chi connectivity index (χ1v) is 8.33. The number of phenolic OH excluding ortho intramolecular Hbond substituents is 1. The smallest absolute Gasteiger partial charge is 0.131 e. The lowest BCUT2D eigenvalue weighted by Gasteiger charge is -2.42. The summed E-state index contributed by atoms with van der Waals surface area (Å²) >= 11 is 5.89. The van der Waals surface area contributed by atoms with Gasteiger partial charge in [0.1, 0.15) is 11.6 Å². The Bertz CT molecular complexity index is 777. The molecule has 0 bridgehead atoms. The van der Waals surface area contributed by atoms with Crippen molar-refractivity contribution < 1.29 is 9.50 Å². The van der Waals surface area contributed by atoms with Crippen LogP contribution in [-0.4, -0.2) is 5.11 Å². The maximum atomic E-state index is 14.8. The van der Waals surface area contributed by atoms with Crippen molar-refractivity contribution in [2.24, 2.45) is 0 Å². The molecule has 0 saturated carbocycles. The quantitative estimate of drug-likeness (QED) is 0.659. The number of hydrogen-bond donors (Lipinski definition) is 1. The van der Waals surface area contributed by atoms with Crippen molar-refractivity contribution in [1.29, 1.82) is 0 Å². The summed E-state index contributed by atoms with van der Waals surface area (Å²) in [4.78, 5) is 0. The summed E-state index contributed by atoms with van der Waals surface area (Å²) in [7, 11) is 0. The Morgan fingerprint density at radius 2 is 1.48 bits per heavy atom. The topological polar surface area (TPSA) is 20.2 Å². The minimum absolute atomic E-state index is 0.00391. The van der Waals surface area contributed by atoms with E-state index in [2.05, 4.69) is 27.7 Å². The van der Waals surface area contributed by atoms with Gasteiger partial charge in [-0.2, -0.15) is 0 Å². The van der Waals surface area contributed by atoms with Gasteiger partial charge in [0, 0.05) is 16.1 Å². The van der Waals surface area contributed by atoms with Crippen LogP contribution in [0.4, 0.5) is 4.39 Å². The minimum Gasteiger partial charge on any atom is -0.507 e. The molecule has 2 aromatic rings. The Balaban J connectivity index is 2.26. The Hall–Kier alpha value is -1.54. The highest BCUT2D eigenvalue weighted by Crippen LogP contribution is 2.48. The zero-order chi connectivity index (χ0) is 17.0. The first-order chi connectivity index (χ1) is 10.6. The van der Waals surface area contributed by atoms with Gasteiger partial charge < -0.3 is 5.11 Å². The molecular weight excluding hydrogens is 311 g/mol. The fourth-order valence-corrected chi connectivity index (χ4v) is 3.69. The molecule has 23 heavy (non-hydrogen) atoms. The van der Waals surface area contributed by atoms with Crippen LogP contribution in [0.5, 0.6) is 5.75 Å². The number of phenols is 1. The van der Waals surface area contributed by atoms with E-state index in [1.165, 1.54) is 11.6 Å². The van der Waals surface area contributed by atoms with Gasteiger partial charge in [-0.3, -0.25) is 0 Å². The van der Waals surface area contributed by atoms with Crippen LogP contribution in [0.25, 0.3) is 11.1 Å². The van der Waals surface area contributed by atoms with Gasteiger partial charge in [-0.25, -0.2) is 4.39 Å². The van der Waals surface area contributed by atoms with E-state index in [0.717, 1.165) is 18.4 Å². The van der Waals surface area contributed by atoms with Crippen LogP contribution < -0.4 is 0 Å². The van der Waals surface area contributed by atoms with E-state index in [9.17, 15) is 9.50 Å². The van der Waals surface area contributed by atoms with E-state index < -0.39 is 0 Å². The second kappa shape index (κ2) is 5.24. The zero-order valence-electron chi connectivity index (χ0n) is 14.0. The highest BCUT2D eigenvalue weighted by atomic mass is 35.5. The van der Waals surface area contributed by atoms with Crippen LogP contribution in [0, 0.1) is 5.82 Å². The molecule has 0 amide bonds. The van der Waals surface area contributed by atoms with E-state index in [-0.39, 0.29) is 22.4 Å². The molecule has 1 aliphatic rings. The van der Waals surface area contributed by atoms with Crippen molar-refractivity contribution in [1.82, 2.24) is 0 Å². The van der Waals surface area contributed by atoms with Crippen molar-refractivity contribution in [3.63, 3.8) is 0 Å². The Morgan fingerprint density at radius 3 is 2.04 bits per heavy atom.